The predicted octanol–water partition coefficient (Wildman–Crippen LogP) is 3.91. The summed E-state index contributed by atoms with van der Waals surface area (Å²) in [7, 11) is -4.16. The molecule has 1 aromatic carbocycles. The summed E-state index contributed by atoms with van der Waals surface area (Å²) in [5.74, 6) is -1.95. The topological polar surface area (TPSA) is 157 Å². The zero-order chi connectivity index (χ0) is 36.6. The van der Waals surface area contributed by atoms with Crippen LogP contribution in [0.3, 0.4) is 0 Å². The van der Waals surface area contributed by atoms with E-state index in [0.29, 0.717) is 11.7 Å². The first-order valence-electron chi connectivity index (χ1n) is 18.3. The first-order chi connectivity index (χ1) is 24.2. The van der Waals surface area contributed by atoms with Crippen molar-refractivity contribution in [2.45, 2.75) is 119 Å². The number of sulfonamides is 1. The van der Waals surface area contributed by atoms with Gasteiger partial charge in [-0.25, -0.2) is 13.2 Å². The molecule has 1 aromatic rings. The van der Waals surface area contributed by atoms with E-state index in [-0.39, 0.29) is 29.4 Å². The summed E-state index contributed by atoms with van der Waals surface area (Å²) >= 11 is 1.34. The van der Waals surface area contributed by atoms with Crippen molar-refractivity contribution in [3.63, 3.8) is 0 Å². The summed E-state index contributed by atoms with van der Waals surface area (Å²) in [5, 5.41) is 5.97. The van der Waals surface area contributed by atoms with E-state index in [1.165, 1.54) is 23.3 Å². The molecule has 2 saturated heterocycles. The van der Waals surface area contributed by atoms with Crippen LogP contribution in [0, 0.1) is 11.3 Å². The average molecular weight is 745 g/mol. The van der Waals surface area contributed by atoms with Gasteiger partial charge in [0.1, 0.15) is 23.7 Å². The summed E-state index contributed by atoms with van der Waals surface area (Å²) < 4.78 is 37.9. The fourth-order valence-electron chi connectivity index (χ4n) is 7.24. The Hall–Kier alpha value is -3.30. The number of anilines is 1. The highest BCUT2D eigenvalue weighted by Gasteiger charge is 2.61. The summed E-state index contributed by atoms with van der Waals surface area (Å²) in [6, 6.07) is 4.30. The Kier molecular flexibility index (Phi) is 11.0. The minimum atomic E-state index is -4.16. The lowest BCUT2D eigenvalue weighted by atomic mass is 9.85. The van der Waals surface area contributed by atoms with Gasteiger partial charge in [-0.3, -0.25) is 19.1 Å². The molecule has 0 spiro atoms. The fourth-order valence-corrected chi connectivity index (χ4v) is 9.46. The van der Waals surface area contributed by atoms with Crippen LogP contribution in [0.1, 0.15) is 85.0 Å². The van der Waals surface area contributed by atoms with Crippen molar-refractivity contribution in [1.82, 2.24) is 24.6 Å². The van der Waals surface area contributed by atoms with Crippen LogP contribution in [-0.2, 0) is 29.1 Å². The van der Waals surface area contributed by atoms with E-state index in [9.17, 15) is 27.6 Å². The summed E-state index contributed by atoms with van der Waals surface area (Å²) in [6.45, 7) is 10.3. The number of amides is 4. The van der Waals surface area contributed by atoms with E-state index in [0.717, 1.165) is 74.4 Å². The molecule has 0 unspecified atom stereocenters. The second kappa shape index (κ2) is 15.0. The van der Waals surface area contributed by atoms with Crippen molar-refractivity contribution in [3.05, 3.63) is 36.9 Å². The van der Waals surface area contributed by atoms with Gasteiger partial charge in [-0.2, -0.15) is 4.31 Å². The van der Waals surface area contributed by atoms with Crippen LogP contribution in [0.25, 0.3) is 0 Å². The van der Waals surface area contributed by atoms with Crippen LogP contribution >= 0.6 is 11.9 Å². The Bertz CT molecular complexity index is 1600. The van der Waals surface area contributed by atoms with Gasteiger partial charge in [-0.1, -0.05) is 26.8 Å². The third kappa shape index (κ3) is 8.35. The molecule has 15 heteroatoms. The predicted molar refractivity (Wildman–Crippen MR) is 195 cm³/mol. The monoisotopic (exact) mass is 744 g/mol. The van der Waals surface area contributed by atoms with E-state index < -0.39 is 57.6 Å². The molecule has 3 N–H and O–H groups in total. The molecule has 5 aliphatic rings. The Morgan fingerprint density at radius 2 is 1.67 bits per heavy atom. The molecule has 0 aromatic heterocycles. The maximum Gasteiger partial charge on any atom is 0.408 e. The maximum absolute atomic E-state index is 14.5. The molecule has 0 bridgehead atoms. The highest BCUT2D eigenvalue weighted by molar-refractivity contribution is 7.98. The number of nitrogens with zero attached hydrogens (tertiary/aromatic N) is 3. The average Bonchev–Trinajstić information content (AvgIpc) is 3.95. The number of piperidine rings is 1. The van der Waals surface area contributed by atoms with Gasteiger partial charge in [-0.05, 0) is 106 Å². The number of nitrogens with one attached hydrogen (secondary N) is 3. The molecule has 51 heavy (non-hydrogen) atoms. The quantitative estimate of drug-likeness (QED) is 0.213. The summed E-state index contributed by atoms with van der Waals surface area (Å²) in [6.07, 6.45) is 9.78. The first kappa shape index (κ1) is 37.5. The zero-order valence-corrected chi connectivity index (χ0v) is 31.5. The number of carbonyl (C=O) groups is 4. The van der Waals surface area contributed by atoms with Crippen molar-refractivity contribution >= 4 is 51.5 Å². The number of carbonyl (C=O) groups excluding carboxylic acids is 4. The SMILES string of the molecule is C=C[C@@H]1C[C@]1(NC(=O)[C@@H]1CN(S(=O)(=O)c2ccc(N3CCCCC3)cc2)CN1C(=O)[C@@H](NC(=O)OC1CCCC1)C(C)(C)C)C(=O)NSC1CC1. The largest absolute Gasteiger partial charge is 0.446 e. The molecular formula is C36H52N6O7S2. The number of benzene rings is 1. The molecule has 2 heterocycles. The molecule has 6 rings (SSSR count). The van der Waals surface area contributed by atoms with Gasteiger partial charge in [0.2, 0.25) is 21.8 Å². The van der Waals surface area contributed by atoms with E-state index in [2.05, 4.69) is 26.8 Å². The lowest BCUT2D eigenvalue weighted by Gasteiger charge is -2.35. The van der Waals surface area contributed by atoms with E-state index in [1.807, 2.05) is 0 Å². The Balaban J connectivity index is 1.25. The van der Waals surface area contributed by atoms with Gasteiger partial charge >= 0.3 is 6.09 Å². The molecule has 3 aliphatic carbocycles. The minimum Gasteiger partial charge on any atom is -0.446 e. The minimum absolute atomic E-state index is 0.0456. The number of alkyl carbamates (subject to hydrolysis) is 1. The third-order valence-corrected chi connectivity index (χ3v) is 13.6. The van der Waals surface area contributed by atoms with Crippen molar-refractivity contribution < 1.29 is 32.3 Å². The van der Waals surface area contributed by atoms with Crippen LogP contribution < -0.4 is 20.3 Å². The number of rotatable bonds is 12. The Morgan fingerprint density at radius 1 is 1.00 bits per heavy atom. The number of hydrogen-bond acceptors (Lipinski definition) is 9. The van der Waals surface area contributed by atoms with Gasteiger partial charge in [-0.15, -0.1) is 6.58 Å². The fraction of sp³-hybridized carbons (Fsp3) is 0.667. The van der Waals surface area contributed by atoms with Crippen LogP contribution in [0.4, 0.5) is 10.5 Å². The van der Waals surface area contributed by atoms with Crippen LogP contribution in [0.5, 0.6) is 0 Å². The molecule has 2 aliphatic heterocycles. The highest BCUT2D eigenvalue weighted by Crippen LogP contribution is 2.46. The third-order valence-electron chi connectivity index (χ3n) is 10.7. The number of ether oxygens (including phenoxy) is 1. The Labute approximate surface area is 305 Å². The molecule has 0 radical (unpaired) electrons. The molecule has 5 fully saturated rings. The van der Waals surface area contributed by atoms with Gasteiger partial charge in [0, 0.05) is 36.5 Å². The van der Waals surface area contributed by atoms with Gasteiger partial charge in [0.25, 0.3) is 5.91 Å². The van der Waals surface area contributed by atoms with Crippen molar-refractivity contribution in [3.8, 4) is 0 Å². The molecule has 13 nitrogen and oxygen atoms in total. The highest BCUT2D eigenvalue weighted by atomic mass is 32.2. The van der Waals surface area contributed by atoms with Crippen LogP contribution in [0.2, 0.25) is 0 Å². The van der Waals surface area contributed by atoms with Crippen molar-refractivity contribution in [2.75, 3.05) is 31.2 Å². The first-order valence-corrected chi connectivity index (χ1v) is 20.6. The molecular weight excluding hydrogens is 693 g/mol. The van der Waals surface area contributed by atoms with E-state index in [4.69, 9.17) is 4.74 Å². The smallest absolute Gasteiger partial charge is 0.408 e. The van der Waals surface area contributed by atoms with Gasteiger partial charge < -0.3 is 25.2 Å². The molecule has 3 saturated carbocycles. The van der Waals surface area contributed by atoms with Crippen LogP contribution in [0.15, 0.2) is 41.8 Å². The van der Waals surface area contributed by atoms with E-state index in [1.54, 1.807) is 51.1 Å². The standard InChI is InChI=1S/C36H52N6O7S2/c1-5-24-21-36(24,33(45)39-50-27-15-16-27)38-31(43)29-22-41(51(47,48)28-17-13-25(14-18-28)40-19-9-6-10-20-40)23-42(29)32(44)30(35(2,3)4)37-34(46)49-26-11-7-8-12-26/h5,13-14,17-18,24,26-27,29-30H,1,6-12,15-16,19-23H2,2-4H3,(H,37,46)(H,38,43)(H,39,45)/t24-,29+,30-,36-/m1/s1. The lowest BCUT2D eigenvalue weighted by Crippen LogP contribution is -2.60. The van der Waals surface area contributed by atoms with Gasteiger partial charge in [0.15, 0.2) is 0 Å². The summed E-state index contributed by atoms with van der Waals surface area (Å²) in [4.78, 5) is 58.6. The van der Waals surface area contributed by atoms with E-state index >= 15 is 0 Å². The van der Waals surface area contributed by atoms with Crippen molar-refractivity contribution in [2.24, 2.45) is 11.3 Å². The van der Waals surface area contributed by atoms with Crippen molar-refractivity contribution in [1.29, 1.82) is 0 Å². The summed E-state index contributed by atoms with van der Waals surface area (Å²) in [5.41, 5.74) is -1.13. The normalized spacial score (nSPS) is 26.3. The van der Waals surface area contributed by atoms with Crippen LogP contribution in [-0.4, -0.2) is 96.7 Å². The lowest BCUT2D eigenvalue weighted by molar-refractivity contribution is -0.142. The molecule has 280 valence electrons. The zero-order valence-electron chi connectivity index (χ0n) is 29.9. The molecule has 4 atom stereocenters. The Morgan fingerprint density at radius 3 is 2.25 bits per heavy atom. The number of hydrogen-bond donors (Lipinski definition) is 3. The maximum atomic E-state index is 14.5. The second-order valence-corrected chi connectivity index (χ2v) is 18.7. The molecule has 4 amide bonds. The van der Waals surface area contributed by atoms with Gasteiger partial charge in [0.05, 0.1) is 11.6 Å². The second-order valence-electron chi connectivity index (χ2n) is 15.7.